The van der Waals surface area contributed by atoms with Gasteiger partial charge in [-0.25, -0.2) is 4.98 Å². The number of benzene rings is 2. The highest BCUT2D eigenvalue weighted by Crippen LogP contribution is 2.24. The van der Waals surface area contributed by atoms with Gasteiger partial charge in [-0.1, -0.05) is 53.6 Å². The second kappa shape index (κ2) is 9.13. The Morgan fingerprint density at radius 2 is 1.52 bits per heavy atom. The molecule has 0 N–H and O–H groups in total. The average molecular weight is 431 g/mol. The first-order valence-corrected chi connectivity index (χ1v) is 11.2. The van der Waals surface area contributed by atoms with Gasteiger partial charge in [0.25, 0.3) is 0 Å². The number of aromatic nitrogens is 6. The summed E-state index contributed by atoms with van der Waals surface area (Å²) in [7, 11) is 0. The van der Waals surface area contributed by atoms with E-state index in [1.54, 1.807) is 16.4 Å². The molecule has 0 amide bonds. The van der Waals surface area contributed by atoms with Crippen LogP contribution < -0.4 is 9.80 Å². The fraction of sp³-hybridized carbons (Fsp3) is 0.227. The van der Waals surface area contributed by atoms with Crippen LogP contribution in [0.3, 0.4) is 0 Å². The van der Waals surface area contributed by atoms with Crippen LogP contribution in [-0.2, 0) is 5.75 Å². The topological polar surface area (TPSA) is 75.9 Å². The molecule has 31 heavy (non-hydrogen) atoms. The molecule has 1 aliphatic heterocycles. The molecule has 3 heterocycles. The minimum Gasteiger partial charge on any atom is -0.352 e. The van der Waals surface area contributed by atoms with E-state index in [4.69, 9.17) is 4.98 Å². The molecule has 2 aromatic carbocycles. The first-order valence-electron chi connectivity index (χ1n) is 10.2. The monoisotopic (exact) mass is 430 g/mol. The van der Waals surface area contributed by atoms with Crippen molar-refractivity contribution in [2.45, 2.75) is 10.8 Å². The summed E-state index contributed by atoms with van der Waals surface area (Å²) in [5.74, 6) is 2.57. The van der Waals surface area contributed by atoms with Gasteiger partial charge in [-0.15, -0.1) is 11.8 Å². The molecule has 0 unspecified atom stereocenters. The fourth-order valence-corrected chi connectivity index (χ4v) is 4.34. The maximum Gasteiger partial charge on any atom is 0.250 e. The van der Waals surface area contributed by atoms with Gasteiger partial charge in [0, 0.05) is 31.9 Å². The molecule has 0 spiro atoms. The third-order valence-electron chi connectivity index (χ3n) is 5.17. The molecule has 0 atom stereocenters. The van der Waals surface area contributed by atoms with Gasteiger partial charge < -0.3 is 9.80 Å². The van der Waals surface area contributed by atoms with Crippen LogP contribution in [0.15, 0.2) is 78.1 Å². The molecule has 0 radical (unpaired) electrons. The van der Waals surface area contributed by atoms with Crippen LogP contribution >= 0.6 is 11.8 Å². The van der Waals surface area contributed by atoms with Gasteiger partial charge in [-0.05, 0) is 28.1 Å². The van der Waals surface area contributed by atoms with E-state index in [-0.39, 0.29) is 0 Å². The standard InChI is InChI=1S/C22H22N8S/c1-3-7-18(8-4-1)17-31-21-16-23-15-20(24-21)28-11-13-29(14-12-28)22-25-26-27-30(22)19-9-5-2-6-10-19/h1-10,15-16H,11-14,17H2. The molecule has 0 aliphatic carbocycles. The van der Waals surface area contributed by atoms with Crippen molar-refractivity contribution >= 4 is 23.5 Å². The summed E-state index contributed by atoms with van der Waals surface area (Å²) < 4.78 is 1.79. The van der Waals surface area contributed by atoms with Crippen LogP contribution in [0.25, 0.3) is 5.69 Å². The lowest BCUT2D eigenvalue weighted by atomic mass is 10.2. The lowest BCUT2D eigenvalue weighted by Crippen LogP contribution is -2.47. The first-order chi connectivity index (χ1) is 15.4. The van der Waals surface area contributed by atoms with Crippen molar-refractivity contribution in [3.05, 3.63) is 78.6 Å². The summed E-state index contributed by atoms with van der Waals surface area (Å²) in [5.41, 5.74) is 2.24. The van der Waals surface area contributed by atoms with E-state index in [9.17, 15) is 0 Å². The Hall–Kier alpha value is -3.46. The number of para-hydroxylation sites is 1. The number of anilines is 2. The number of nitrogens with zero attached hydrogens (tertiary/aromatic N) is 8. The Morgan fingerprint density at radius 3 is 2.29 bits per heavy atom. The van der Waals surface area contributed by atoms with Crippen LogP contribution in [0.4, 0.5) is 11.8 Å². The van der Waals surface area contributed by atoms with E-state index >= 15 is 0 Å². The molecule has 1 aliphatic rings. The van der Waals surface area contributed by atoms with Gasteiger partial charge in [0.1, 0.15) is 10.8 Å². The molecule has 4 aromatic rings. The van der Waals surface area contributed by atoms with Gasteiger partial charge in [-0.2, -0.15) is 4.68 Å². The lowest BCUT2D eigenvalue weighted by Gasteiger charge is -2.35. The normalized spacial score (nSPS) is 14.1. The SMILES string of the molecule is c1ccc(CSc2cncc(N3CCN(c4nnnn4-c4ccccc4)CC3)n2)cc1. The summed E-state index contributed by atoms with van der Waals surface area (Å²) in [6, 6.07) is 20.4. The van der Waals surface area contributed by atoms with E-state index < -0.39 is 0 Å². The summed E-state index contributed by atoms with van der Waals surface area (Å²) in [4.78, 5) is 13.7. The number of hydrogen-bond acceptors (Lipinski definition) is 8. The summed E-state index contributed by atoms with van der Waals surface area (Å²) in [6.45, 7) is 3.30. The Morgan fingerprint density at radius 1 is 0.806 bits per heavy atom. The van der Waals surface area contributed by atoms with Crippen LogP contribution in [0.2, 0.25) is 0 Å². The second-order valence-electron chi connectivity index (χ2n) is 7.19. The Labute approximate surface area is 184 Å². The highest BCUT2D eigenvalue weighted by Gasteiger charge is 2.23. The fourth-order valence-electron chi connectivity index (χ4n) is 3.54. The lowest BCUT2D eigenvalue weighted by molar-refractivity contribution is 0.624. The minimum absolute atomic E-state index is 0.768. The van der Waals surface area contributed by atoms with Crippen molar-refractivity contribution in [2.24, 2.45) is 0 Å². The maximum absolute atomic E-state index is 4.83. The summed E-state index contributed by atoms with van der Waals surface area (Å²) in [5, 5.41) is 13.3. The van der Waals surface area contributed by atoms with Crippen molar-refractivity contribution in [3.8, 4) is 5.69 Å². The van der Waals surface area contributed by atoms with Gasteiger partial charge in [0.2, 0.25) is 5.95 Å². The molecule has 1 saturated heterocycles. The molecular weight excluding hydrogens is 408 g/mol. The molecular formula is C22H22N8S. The maximum atomic E-state index is 4.83. The zero-order valence-corrected chi connectivity index (χ0v) is 17.8. The number of thioether (sulfide) groups is 1. The van der Waals surface area contributed by atoms with Crippen molar-refractivity contribution in [3.63, 3.8) is 0 Å². The highest BCUT2D eigenvalue weighted by atomic mass is 32.2. The molecule has 1 fully saturated rings. The second-order valence-corrected chi connectivity index (χ2v) is 8.19. The zero-order valence-electron chi connectivity index (χ0n) is 16.9. The number of tetrazole rings is 1. The van der Waals surface area contributed by atoms with Gasteiger partial charge in [0.15, 0.2) is 0 Å². The van der Waals surface area contributed by atoms with E-state index in [2.05, 4.69) is 54.6 Å². The number of rotatable bonds is 6. The molecule has 0 saturated carbocycles. The van der Waals surface area contributed by atoms with Crippen LogP contribution in [0.5, 0.6) is 0 Å². The van der Waals surface area contributed by atoms with Crippen LogP contribution in [0.1, 0.15) is 5.56 Å². The predicted molar refractivity (Wildman–Crippen MR) is 122 cm³/mol. The predicted octanol–water partition coefficient (Wildman–Crippen LogP) is 3.07. The van der Waals surface area contributed by atoms with Crippen molar-refractivity contribution in [1.29, 1.82) is 0 Å². The summed E-state index contributed by atoms with van der Waals surface area (Å²) >= 11 is 1.71. The zero-order chi connectivity index (χ0) is 20.9. The van der Waals surface area contributed by atoms with Crippen molar-refractivity contribution < 1.29 is 0 Å². The Kier molecular flexibility index (Phi) is 5.74. The van der Waals surface area contributed by atoms with E-state index in [1.165, 1.54) is 5.56 Å². The van der Waals surface area contributed by atoms with E-state index in [1.807, 2.05) is 48.8 Å². The summed E-state index contributed by atoms with van der Waals surface area (Å²) in [6.07, 6.45) is 3.68. The van der Waals surface area contributed by atoms with Crippen LogP contribution in [0, 0.1) is 0 Å². The van der Waals surface area contributed by atoms with E-state index in [0.717, 1.165) is 54.4 Å². The number of piperazine rings is 1. The third-order valence-corrected chi connectivity index (χ3v) is 6.14. The van der Waals surface area contributed by atoms with Gasteiger partial charge in [0.05, 0.1) is 18.1 Å². The van der Waals surface area contributed by atoms with Crippen molar-refractivity contribution in [1.82, 2.24) is 30.2 Å². The third kappa shape index (κ3) is 4.51. The molecule has 156 valence electrons. The van der Waals surface area contributed by atoms with Gasteiger partial charge >= 0.3 is 0 Å². The first kappa shape index (κ1) is 19.5. The molecule has 0 bridgehead atoms. The quantitative estimate of drug-likeness (QED) is 0.432. The Bertz CT molecular complexity index is 1110. The number of hydrogen-bond donors (Lipinski definition) is 0. The van der Waals surface area contributed by atoms with Crippen LogP contribution in [-0.4, -0.2) is 56.4 Å². The molecule has 5 rings (SSSR count). The highest BCUT2D eigenvalue weighted by molar-refractivity contribution is 7.98. The van der Waals surface area contributed by atoms with Crippen molar-refractivity contribution in [2.75, 3.05) is 36.0 Å². The Balaban J connectivity index is 1.23. The average Bonchev–Trinajstić information content (AvgIpc) is 3.34. The molecule has 9 heteroatoms. The van der Waals surface area contributed by atoms with Gasteiger partial charge in [-0.3, -0.25) is 4.98 Å². The van der Waals surface area contributed by atoms with E-state index in [0.29, 0.717) is 0 Å². The smallest absolute Gasteiger partial charge is 0.250 e. The minimum atomic E-state index is 0.768. The largest absolute Gasteiger partial charge is 0.352 e. The molecule has 8 nitrogen and oxygen atoms in total. The molecule has 2 aromatic heterocycles.